The van der Waals surface area contributed by atoms with E-state index in [9.17, 15) is 14.4 Å². The number of urea groups is 1. The SMILES string of the molecule is O=C(NCc1ccc(Cl)s1)Nc1nc(CCNC(=O)c2n[nH]c(=O)c3ccccc23)cs1. The summed E-state index contributed by atoms with van der Waals surface area (Å²) < 4.78 is 0.670. The van der Waals surface area contributed by atoms with Gasteiger partial charge in [-0.15, -0.1) is 22.7 Å². The minimum absolute atomic E-state index is 0.157. The third kappa shape index (κ3) is 5.31. The van der Waals surface area contributed by atoms with E-state index in [2.05, 4.69) is 31.1 Å². The Morgan fingerprint density at radius 1 is 1.09 bits per heavy atom. The van der Waals surface area contributed by atoms with Gasteiger partial charge < -0.3 is 10.6 Å². The minimum atomic E-state index is -0.390. The molecule has 0 saturated heterocycles. The molecule has 0 aliphatic heterocycles. The number of anilines is 1. The lowest BCUT2D eigenvalue weighted by atomic mass is 10.1. The molecular formula is C20H17ClN6O3S2. The summed E-state index contributed by atoms with van der Waals surface area (Å²) in [6.07, 6.45) is 0.473. The molecule has 0 aliphatic rings. The lowest BCUT2D eigenvalue weighted by Gasteiger charge is -2.06. The first-order chi connectivity index (χ1) is 15.5. The van der Waals surface area contributed by atoms with Crippen molar-refractivity contribution in [1.29, 1.82) is 0 Å². The smallest absolute Gasteiger partial charge is 0.321 e. The number of amides is 3. The molecule has 32 heavy (non-hydrogen) atoms. The van der Waals surface area contributed by atoms with E-state index in [1.54, 1.807) is 30.3 Å². The lowest BCUT2D eigenvalue weighted by molar-refractivity contribution is 0.0950. The van der Waals surface area contributed by atoms with E-state index in [0.29, 0.717) is 39.8 Å². The molecule has 4 rings (SSSR count). The number of aromatic nitrogens is 3. The summed E-state index contributed by atoms with van der Waals surface area (Å²) in [5.74, 6) is -0.390. The molecule has 4 aromatic rings. The average molecular weight is 489 g/mol. The molecule has 0 radical (unpaired) electrons. The molecule has 3 amide bonds. The van der Waals surface area contributed by atoms with Gasteiger partial charge in [-0.25, -0.2) is 14.9 Å². The number of halogens is 1. The van der Waals surface area contributed by atoms with E-state index in [1.807, 2.05) is 11.4 Å². The number of nitrogens with zero attached hydrogens (tertiary/aromatic N) is 2. The largest absolute Gasteiger partial charge is 0.350 e. The molecule has 12 heteroatoms. The highest BCUT2D eigenvalue weighted by atomic mass is 35.5. The quantitative estimate of drug-likeness (QED) is 0.317. The molecule has 0 fully saturated rings. The van der Waals surface area contributed by atoms with E-state index >= 15 is 0 Å². The summed E-state index contributed by atoms with van der Waals surface area (Å²) in [7, 11) is 0. The Kier molecular flexibility index (Phi) is 6.78. The molecule has 0 atom stereocenters. The summed E-state index contributed by atoms with van der Waals surface area (Å²) in [5.41, 5.74) is 0.544. The van der Waals surface area contributed by atoms with Crippen molar-refractivity contribution in [2.45, 2.75) is 13.0 Å². The first-order valence-corrected chi connectivity index (χ1v) is 11.6. The van der Waals surface area contributed by atoms with Crippen LogP contribution in [0.4, 0.5) is 9.93 Å². The zero-order valence-corrected chi connectivity index (χ0v) is 18.9. The Morgan fingerprint density at radius 2 is 1.91 bits per heavy atom. The number of H-pyrrole nitrogens is 1. The van der Waals surface area contributed by atoms with Crippen LogP contribution in [0.25, 0.3) is 10.8 Å². The van der Waals surface area contributed by atoms with Crippen LogP contribution in [0, 0.1) is 0 Å². The van der Waals surface area contributed by atoms with Crippen molar-refractivity contribution < 1.29 is 9.59 Å². The number of thiazole rings is 1. The van der Waals surface area contributed by atoms with Gasteiger partial charge in [0.15, 0.2) is 10.8 Å². The fourth-order valence-electron chi connectivity index (χ4n) is 2.91. The maximum Gasteiger partial charge on any atom is 0.321 e. The number of fused-ring (bicyclic) bond motifs is 1. The molecule has 3 aromatic heterocycles. The number of thiophene rings is 1. The summed E-state index contributed by atoms with van der Waals surface area (Å²) in [6.45, 7) is 0.698. The van der Waals surface area contributed by atoms with Crippen LogP contribution in [-0.2, 0) is 13.0 Å². The Balaban J connectivity index is 1.27. The van der Waals surface area contributed by atoms with Crippen LogP contribution in [0.5, 0.6) is 0 Å². The van der Waals surface area contributed by atoms with Gasteiger partial charge in [0.25, 0.3) is 11.5 Å². The Morgan fingerprint density at radius 3 is 2.69 bits per heavy atom. The average Bonchev–Trinajstić information content (AvgIpc) is 3.41. The number of rotatable bonds is 7. The van der Waals surface area contributed by atoms with E-state index in [0.717, 1.165) is 10.6 Å². The van der Waals surface area contributed by atoms with Crippen LogP contribution in [0.1, 0.15) is 21.1 Å². The molecule has 0 unspecified atom stereocenters. The number of hydrogen-bond donors (Lipinski definition) is 4. The molecule has 3 heterocycles. The van der Waals surface area contributed by atoms with Crippen molar-refractivity contribution in [3.05, 3.63) is 72.7 Å². The second-order valence-electron chi connectivity index (χ2n) is 6.61. The summed E-state index contributed by atoms with van der Waals surface area (Å²) in [4.78, 5) is 41.7. The second kappa shape index (κ2) is 9.90. The lowest BCUT2D eigenvalue weighted by Crippen LogP contribution is -2.28. The van der Waals surface area contributed by atoms with Gasteiger partial charge in [-0.2, -0.15) is 5.10 Å². The van der Waals surface area contributed by atoms with Crippen molar-refractivity contribution in [3.8, 4) is 0 Å². The third-order valence-electron chi connectivity index (χ3n) is 4.40. The topological polar surface area (TPSA) is 129 Å². The number of hydrogen-bond acceptors (Lipinski definition) is 7. The first-order valence-electron chi connectivity index (χ1n) is 9.48. The van der Waals surface area contributed by atoms with Gasteiger partial charge in [0, 0.05) is 28.6 Å². The fraction of sp³-hybridized carbons (Fsp3) is 0.150. The van der Waals surface area contributed by atoms with Crippen molar-refractivity contribution in [2.75, 3.05) is 11.9 Å². The number of carbonyl (C=O) groups is 2. The maximum absolute atomic E-state index is 12.5. The van der Waals surface area contributed by atoms with E-state index in [-0.39, 0.29) is 23.2 Å². The van der Waals surface area contributed by atoms with Crippen LogP contribution in [0.3, 0.4) is 0 Å². The molecule has 164 valence electrons. The standard InChI is InChI=1S/C20H17ClN6O3S2/c21-15-6-5-12(32-15)9-23-19(30)25-20-24-11(10-31-20)7-8-22-18(29)16-13-3-1-2-4-14(13)17(28)27-26-16/h1-6,10H,7-9H2,(H,22,29)(H,27,28)(H2,23,24,25,30). The zero-order chi connectivity index (χ0) is 22.5. The number of benzene rings is 1. The molecule has 0 saturated carbocycles. The molecular weight excluding hydrogens is 472 g/mol. The van der Waals surface area contributed by atoms with Crippen LogP contribution in [-0.4, -0.2) is 33.7 Å². The number of aromatic amines is 1. The van der Waals surface area contributed by atoms with E-state index in [1.165, 1.54) is 22.7 Å². The molecule has 1 aromatic carbocycles. The van der Waals surface area contributed by atoms with Crippen LogP contribution in [0.2, 0.25) is 4.34 Å². The molecule has 0 spiro atoms. The highest BCUT2D eigenvalue weighted by Crippen LogP contribution is 2.21. The van der Waals surface area contributed by atoms with Gasteiger partial charge in [-0.3, -0.25) is 14.9 Å². The van der Waals surface area contributed by atoms with Gasteiger partial charge >= 0.3 is 6.03 Å². The molecule has 4 N–H and O–H groups in total. The first kappa shape index (κ1) is 21.9. The monoisotopic (exact) mass is 488 g/mol. The highest BCUT2D eigenvalue weighted by molar-refractivity contribution is 7.16. The van der Waals surface area contributed by atoms with Gasteiger partial charge in [-0.1, -0.05) is 29.8 Å². The Hall–Kier alpha value is -3.28. The highest BCUT2D eigenvalue weighted by Gasteiger charge is 2.14. The van der Waals surface area contributed by atoms with Crippen LogP contribution < -0.4 is 21.5 Å². The molecule has 9 nitrogen and oxygen atoms in total. The summed E-state index contributed by atoms with van der Waals surface area (Å²) in [6, 6.07) is 10.1. The molecule has 0 aliphatic carbocycles. The van der Waals surface area contributed by atoms with Crippen molar-refractivity contribution in [1.82, 2.24) is 25.8 Å². The number of carbonyl (C=O) groups excluding carboxylic acids is 2. The van der Waals surface area contributed by atoms with Crippen LogP contribution >= 0.6 is 34.3 Å². The van der Waals surface area contributed by atoms with Crippen molar-refractivity contribution in [2.24, 2.45) is 0 Å². The van der Waals surface area contributed by atoms with E-state index < -0.39 is 0 Å². The Bertz CT molecular complexity index is 1330. The van der Waals surface area contributed by atoms with Gasteiger partial charge in [0.05, 0.1) is 22.0 Å². The molecule has 0 bridgehead atoms. The Labute approximate surface area is 194 Å². The van der Waals surface area contributed by atoms with Gasteiger partial charge in [-0.05, 0) is 18.2 Å². The zero-order valence-electron chi connectivity index (χ0n) is 16.5. The van der Waals surface area contributed by atoms with Crippen LogP contribution in [0.15, 0.2) is 46.6 Å². The van der Waals surface area contributed by atoms with Crippen molar-refractivity contribution >= 4 is 62.1 Å². The van der Waals surface area contributed by atoms with Gasteiger partial charge in [0.2, 0.25) is 0 Å². The minimum Gasteiger partial charge on any atom is -0.350 e. The predicted molar refractivity (Wildman–Crippen MR) is 126 cm³/mol. The normalized spacial score (nSPS) is 10.8. The maximum atomic E-state index is 12.5. The number of nitrogens with one attached hydrogen (secondary N) is 4. The van der Waals surface area contributed by atoms with Gasteiger partial charge in [0.1, 0.15) is 0 Å². The predicted octanol–water partition coefficient (Wildman–Crippen LogP) is 3.39. The fourth-order valence-corrected chi connectivity index (χ4v) is 4.68. The third-order valence-corrected chi connectivity index (χ3v) is 6.44. The van der Waals surface area contributed by atoms with Crippen molar-refractivity contribution in [3.63, 3.8) is 0 Å². The summed E-state index contributed by atoms with van der Waals surface area (Å²) in [5, 5.41) is 17.6. The summed E-state index contributed by atoms with van der Waals surface area (Å²) >= 11 is 8.57. The second-order valence-corrected chi connectivity index (χ2v) is 9.27. The van der Waals surface area contributed by atoms with E-state index in [4.69, 9.17) is 11.6 Å².